The van der Waals surface area contributed by atoms with Crippen molar-refractivity contribution in [3.63, 3.8) is 0 Å². The molecule has 1 aliphatic carbocycles. The molecule has 4 rings (SSSR count). The molecule has 110 valence electrons. The third-order valence-electron chi connectivity index (χ3n) is 3.82. The molecule has 1 aromatic carbocycles. The number of aromatic amines is 1. The van der Waals surface area contributed by atoms with Crippen LogP contribution in [-0.2, 0) is 4.79 Å². The van der Waals surface area contributed by atoms with E-state index in [9.17, 15) is 9.18 Å². The Morgan fingerprint density at radius 3 is 2.91 bits per heavy atom. The smallest absolute Gasteiger partial charge is 0.234 e. The lowest BCUT2D eigenvalue weighted by Gasteiger charge is -2.23. The van der Waals surface area contributed by atoms with E-state index in [0.29, 0.717) is 5.69 Å². The fourth-order valence-electron chi connectivity index (χ4n) is 2.50. The van der Waals surface area contributed by atoms with Crippen molar-refractivity contribution in [3.05, 3.63) is 48.7 Å². The Balaban J connectivity index is 1.85. The molecule has 22 heavy (non-hydrogen) atoms. The van der Waals surface area contributed by atoms with Gasteiger partial charge in [-0.25, -0.2) is 4.39 Å². The number of carbonyl (C=O) groups excluding carboxylic acids is 1. The monoisotopic (exact) mass is 296 g/mol. The van der Waals surface area contributed by atoms with Crippen LogP contribution in [0, 0.1) is 11.7 Å². The minimum Gasteiger partial charge on any atom is -0.278 e. The quantitative estimate of drug-likeness (QED) is 0.807. The van der Waals surface area contributed by atoms with E-state index in [-0.39, 0.29) is 17.5 Å². The van der Waals surface area contributed by atoms with Crippen molar-refractivity contribution in [2.45, 2.75) is 12.8 Å². The molecule has 6 heteroatoms. The average molecular weight is 296 g/mol. The maximum atomic E-state index is 14.2. The van der Waals surface area contributed by atoms with Gasteiger partial charge in [0.05, 0.1) is 17.9 Å². The maximum absolute atomic E-state index is 14.2. The number of pyridine rings is 1. The topological polar surface area (TPSA) is 61.9 Å². The second kappa shape index (κ2) is 4.91. The van der Waals surface area contributed by atoms with E-state index >= 15 is 0 Å². The number of rotatable bonds is 3. The van der Waals surface area contributed by atoms with Crippen molar-refractivity contribution in [3.8, 4) is 0 Å². The highest BCUT2D eigenvalue weighted by Gasteiger charge is 2.35. The van der Waals surface area contributed by atoms with Crippen molar-refractivity contribution in [1.29, 1.82) is 0 Å². The number of nitrogens with zero attached hydrogens (tertiary/aromatic N) is 3. The largest absolute Gasteiger partial charge is 0.278 e. The molecule has 0 radical (unpaired) electrons. The van der Waals surface area contributed by atoms with E-state index in [1.165, 1.54) is 23.4 Å². The molecule has 0 bridgehead atoms. The molecule has 0 atom stereocenters. The first kappa shape index (κ1) is 12.9. The van der Waals surface area contributed by atoms with Crippen LogP contribution in [0.15, 0.2) is 42.9 Å². The van der Waals surface area contributed by atoms with Crippen molar-refractivity contribution in [2.75, 3.05) is 4.90 Å². The van der Waals surface area contributed by atoms with Crippen LogP contribution in [-0.4, -0.2) is 21.1 Å². The summed E-state index contributed by atoms with van der Waals surface area (Å²) in [5, 5.41) is 7.70. The zero-order valence-electron chi connectivity index (χ0n) is 11.7. The zero-order chi connectivity index (χ0) is 15.1. The number of benzene rings is 1. The van der Waals surface area contributed by atoms with E-state index in [1.54, 1.807) is 12.3 Å². The molecule has 1 amide bonds. The van der Waals surface area contributed by atoms with Gasteiger partial charge in [0.1, 0.15) is 11.5 Å². The molecule has 1 aliphatic rings. The number of hydrogen-bond acceptors (Lipinski definition) is 3. The van der Waals surface area contributed by atoms with Crippen LogP contribution >= 0.6 is 0 Å². The lowest BCUT2D eigenvalue weighted by molar-refractivity contribution is -0.119. The minimum absolute atomic E-state index is 0.0281. The highest BCUT2D eigenvalue weighted by atomic mass is 19.1. The van der Waals surface area contributed by atoms with Crippen LogP contribution < -0.4 is 4.90 Å². The van der Waals surface area contributed by atoms with Crippen molar-refractivity contribution >= 4 is 28.2 Å². The van der Waals surface area contributed by atoms with Crippen molar-refractivity contribution in [1.82, 2.24) is 15.2 Å². The van der Waals surface area contributed by atoms with Gasteiger partial charge in [0.15, 0.2) is 0 Å². The number of fused-ring (bicyclic) bond motifs is 1. The first-order valence-corrected chi connectivity index (χ1v) is 7.10. The number of aromatic nitrogens is 3. The number of H-pyrrole nitrogens is 1. The molecule has 2 aromatic heterocycles. The van der Waals surface area contributed by atoms with Crippen LogP contribution in [0.25, 0.3) is 10.9 Å². The summed E-state index contributed by atoms with van der Waals surface area (Å²) in [5.41, 5.74) is 1.68. The van der Waals surface area contributed by atoms with Gasteiger partial charge in [0.2, 0.25) is 5.91 Å². The summed E-state index contributed by atoms with van der Waals surface area (Å²) >= 11 is 0. The zero-order valence-corrected chi connectivity index (χ0v) is 11.7. The second-order valence-electron chi connectivity index (χ2n) is 5.42. The van der Waals surface area contributed by atoms with Crippen LogP contribution in [0.2, 0.25) is 0 Å². The third kappa shape index (κ3) is 2.13. The number of halogens is 1. The molecule has 1 saturated carbocycles. The minimum atomic E-state index is -0.462. The summed E-state index contributed by atoms with van der Waals surface area (Å²) < 4.78 is 14.2. The summed E-state index contributed by atoms with van der Waals surface area (Å²) in [6.45, 7) is 0. The van der Waals surface area contributed by atoms with Crippen LogP contribution in [0.3, 0.4) is 0 Å². The molecule has 2 heterocycles. The molecule has 0 saturated heterocycles. The number of carbonyl (C=O) groups is 1. The summed E-state index contributed by atoms with van der Waals surface area (Å²) in [5.74, 6) is -0.578. The van der Waals surface area contributed by atoms with Crippen LogP contribution in [0.1, 0.15) is 12.8 Å². The highest BCUT2D eigenvalue weighted by Crippen LogP contribution is 2.37. The van der Waals surface area contributed by atoms with E-state index in [0.717, 1.165) is 23.7 Å². The molecule has 1 fully saturated rings. The fraction of sp³-hybridized carbons (Fsp3) is 0.188. The maximum Gasteiger partial charge on any atom is 0.234 e. The highest BCUT2D eigenvalue weighted by molar-refractivity contribution is 6.04. The van der Waals surface area contributed by atoms with Crippen molar-refractivity contribution < 1.29 is 9.18 Å². The van der Waals surface area contributed by atoms with Gasteiger partial charge in [-0.05, 0) is 37.1 Å². The Kier molecular flexibility index (Phi) is 2.89. The Morgan fingerprint density at radius 2 is 2.14 bits per heavy atom. The summed E-state index contributed by atoms with van der Waals surface area (Å²) in [7, 11) is 0. The molecule has 5 nitrogen and oxygen atoms in total. The number of hydrogen-bond donors (Lipinski definition) is 1. The Hall–Kier alpha value is -2.76. The van der Waals surface area contributed by atoms with Gasteiger partial charge >= 0.3 is 0 Å². The van der Waals surface area contributed by atoms with Crippen LogP contribution in [0.5, 0.6) is 0 Å². The fourth-order valence-corrected chi connectivity index (χ4v) is 2.50. The molecule has 0 aliphatic heterocycles. The molecule has 0 spiro atoms. The molecule has 0 unspecified atom stereocenters. The second-order valence-corrected chi connectivity index (χ2v) is 5.42. The Labute approximate surface area is 125 Å². The standard InChI is InChI=1S/C16H13FN4O/c17-13-5-6-18-9-15(13)21(16(22)10-1-2-10)12-3-4-14-11(7-12)8-19-20-14/h3-10H,1-2H2,(H,19,20). The first-order chi connectivity index (χ1) is 10.7. The van der Waals surface area contributed by atoms with E-state index in [2.05, 4.69) is 15.2 Å². The van der Waals surface area contributed by atoms with Gasteiger partial charge in [-0.15, -0.1) is 0 Å². The summed E-state index contributed by atoms with van der Waals surface area (Å²) in [6.07, 6.45) is 6.14. The number of nitrogens with one attached hydrogen (secondary N) is 1. The molecule has 3 aromatic rings. The van der Waals surface area contributed by atoms with Gasteiger partial charge in [0.25, 0.3) is 0 Å². The third-order valence-corrected chi connectivity index (χ3v) is 3.82. The van der Waals surface area contributed by atoms with Gasteiger partial charge in [0, 0.05) is 23.2 Å². The van der Waals surface area contributed by atoms with Gasteiger partial charge in [-0.1, -0.05) is 0 Å². The molecule has 1 N–H and O–H groups in total. The van der Waals surface area contributed by atoms with Gasteiger partial charge in [-0.3, -0.25) is 19.8 Å². The lowest BCUT2D eigenvalue weighted by atomic mass is 10.2. The summed E-state index contributed by atoms with van der Waals surface area (Å²) in [4.78, 5) is 18.0. The van der Waals surface area contributed by atoms with E-state index in [4.69, 9.17) is 0 Å². The van der Waals surface area contributed by atoms with Gasteiger partial charge in [-0.2, -0.15) is 5.10 Å². The predicted molar refractivity (Wildman–Crippen MR) is 80.2 cm³/mol. The Bertz CT molecular complexity index is 856. The SMILES string of the molecule is O=C(C1CC1)N(c1ccc2[nH]ncc2c1)c1cnccc1F. The molecular weight excluding hydrogens is 283 g/mol. The molecular formula is C16H13FN4O. The van der Waals surface area contributed by atoms with Gasteiger partial charge < -0.3 is 0 Å². The number of anilines is 2. The van der Waals surface area contributed by atoms with Crippen LogP contribution in [0.4, 0.5) is 15.8 Å². The summed E-state index contributed by atoms with van der Waals surface area (Å²) in [6, 6.07) is 6.71. The Morgan fingerprint density at radius 1 is 1.27 bits per heavy atom. The normalized spacial score (nSPS) is 14.2. The first-order valence-electron chi connectivity index (χ1n) is 7.10. The van der Waals surface area contributed by atoms with E-state index in [1.807, 2.05) is 12.1 Å². The average Bonchev–Trinajstić information content (AvgIpc) is 3.27. The lowest BCUT2D eigenvalue weighted by Crippen LogP contribution is -2.28. The number of amides is 1. The predicted octanol–water partition coefficient (Wildman–Crippen LogP) is 3.17. The van der Waals surface area contributed by atoms with E-state index < -0.39 is 5.82 Å². The van der Waals surface area contributed by atoms with Crippen molar-refractivity contribution in [2.24, 2.45) is 5.92 Å².